The van der Waals surface area contributed by atoms with Crippen molar-refractivity contribution >= 4 is 12.6 Å². The van der Waals surface area contributed by atoms with Crippen LogP contribution in [-0.2, 0) is 0 Å². The molecule has 0 spiro atoms. The molecule has 0 bridgehead atoms. The van der Waals surface area contributed by atoms with Crippen LogP contribution >= 0.6 is 12.6 Å². The lowest BCUT2D eigenvalue weighted by Gasteiger charge is -2.67. The third kappa shape index (κ3) is 3.57. The third-order valence-corrected chi connectivity index (χ3v) is 14.1. The minimum atomic E-state index is -0.527. The lowest BCUT2D eigenvalue weighted by molar-refractivity contribution is -0.0246. The topological polar surface area (TPSA) is 20.2 Å². The number of hydrogen-bond donors (Lipinski definition) is 2. The van der Waals surface area contributed by atoms with Crippen LogP contribution in [0.15, 0.2) is 11.1 Å². The van der Waals surface area contributed by atoms with Crippen LogP contribution in [0.5, 0.6) is 0 Å². The summed E-state index contributed by atoms with van der Waals surface area (Å²) in [6, 6.07) is 0. The highest BCUT2D eigenvalue weighted by atomic mass is 32.1. The second-order valence-corrected chi connectivity index (χ2v) is 15.7. The van der Waals surface area contributed by atoms with Gasteiger partial charge in [-0.2, -0.15) is 12.6 Å². The molecule has 0 heterocycles. The van der Waals surface area contributed by atoms with Gasteiger partial charge in [-0.15, -0.1) is 0 Å². The number of fused-ring (bicyclic) bond motifs is 4. The molecular formula is C31H54OS. The van der Waals surface area contributed by atoms with Gasteiger partial charge in [-0.25, -0.2) is 0 Å². The maximum atomic E-state index is 10.2. The van der Waals surface area contributed by atoms with E-state index in [2.05, 4.69) is 48.5 Å². The Hall–Kier alpha value is 0.0500. The summed E-state index contributed by atoms with van der Waals surface area (Å²) in [5.74, 6) is 2.31. The quantitative estimate of drug-likeness (QED) is 0.301. The van der Waals surface area contributed by atoms with Gasteiger partial charge in [0, 0.05) is 10.2 Å². The van der Waals surface area contributed by atoms with E-state index >= 15 is 0 Å². The molecule has 0 aromatic rings. The molecule has 2 heteroatoms. The molecule has 4 aliphatic rings. The van der Waals surface area contributed by atoms with Crippen LogP contribution in [0, 0.1) is 39.4 Å². The van der Waals surface area contributed by atoms with Crippen molar-refractivity contribution in [3.8, 4) is 0 Å². The van der Waals surface area contributed by atoms with E-state index in [9.17, 15) is 5.11 Å². The summed E-state index contributed by atoms with van der Waals surface area (Å²) in [6.07, 6.45) is 13.9. The largest absolute Gasteiger partial charge is 0.390 e. The molecule has 0 radical (unpaired) electrons. The van der Waals surface area contributed by atoms with Crippen molar-refractivity contribution in [2.75, 3.05) is 0 Å². The summed E-state index contributed by atoms with van der Waals surface area (Å²) in [5.41, 5.74) is 4.50. The molecule has 1 nitrogen and oxygen atoms in total. The predicted octanol–water partition coefficient (Wildman–Crippen LogP) is 9.00. The molecule has 0 aromatic carbocycles. The fraction of sp³-hybridized carbons (Fsp3) is 0.935. The van der Waals surface area contributed by atoms with Gasteiger partial charge in [0.05, 0.1) is 5.60 Å². The van der Waals surface area contributed by atoms with Crippen molar-refractivity contribution in [2.24, 2.45) is 39.4 Å². The minimum absolute atomic E-state index is 0.114. The van der Waals surface area contributed by atoms with Crippen molar-refractivity contribution in [1.29, 1.82) is 0 Å². The monoisotopic (exact) mass is 474 g/mol. The first-order valence-corrected chi connectivity index (χ1v) is 14.7. The van der Waals surface area contributed by atoms with Gasteiger partial charge < -0.3 is 5.11 Å². The molecule has 0 aliphatic heterocycles. The van der Waals surface area contributed by atoms with E-state index in [0.717, 1.165) is 30.6 Å². The minimum Gasteiger partial charge on any atom is -0.390 e. The average molecular weight is 475 g/mol. The highest BCUT2D eigenvalue weighted by molar-refractivity contribution is 7.82. The Kier molecular flexibility index (Phi) is 6.35. The van der Waals surface area contributed by atoms with Gasteiger partial charge in [-0.3, -0.25) is 0 Å². The molecule has 4 aliphatic carbocycles. The zero-order chi connectivity index (χ0) is 24.7. The molecule has 0 aromatic heterocycles. The Morgan fingerprint density at radius 1 is 0.939 bits per heavy atom. The Balaban J connectivity index is 1.64. The molecule has 33 heavy (non-hydrogen) atoms. The summed E-state index contributed by atoms with van der Waals surface area (Å²) in [6.45, 7) is 21.9. The number of hydrogen-bond acceptors (Lipinski definition) is 2. The molecule has 0 amide bonds. The van der Waals surface area contributed by atoms with Crippen LogP contribution in [0.4, 0.5) is 0 Å². The summed E-state index contributed by atoms with van der Waals surface area (Å²) >= 11 is 5.62. The molecule has 7 atom stereocenters. The molecule has 0 saturated heterocycles. The molecular weight excluding hydrogens is 420 g/mol. The van der Waals surface area contributed by atoms with Gasteiger partial charge in [0.1, 0.15) is 0 Å². The normalized spacial score (nSPS) is 45.9. The van der Waals surface area contributed by atoms with Crippen LogP contribution in [0.3, 0.4) is 0 Å². The van der Waals surface area contributed by atoms with Crippen molar-refractivity contribution < 1.29 is 5.11 Å². The van der Waals surface area contributed by atoms with Crippen LogP contribution in [0.25, 0.3) is 0 Å². The van der Waals surface area contributed by atoms with E-state index in [1.165, 1.54) is 57.8 Å². The zero-order valence-corrected chi connectivity index (χ0v) is 24.3. The number of allylic oxidation sites excluding steroid dienone is 2. The Morgan fingerprint density at radius 3 is 2.15 bits per heavy atom. The van der Waals surface area contributed by atoms with Gasteiger partial charge in [0.2, 0.25) is 0 Å². The Labute approximate surface area is 211 Å². The first kappa shape index (κ1) is 26.1. The maximum absolute atomic E-state index is 10.2. The summed E-state index contributed by atoms with van der Waals surface area (Å²) in [5, 5.41) is 10.2. The highest BCUT2D eigenvalue weighted by Gasteiger charge is 2.66. The average Bonchev–Trinajstić information content (AvgIpc) is 2.98. The van der Waals surface area contributed by atoms with E-state index in [-0.39, 0.29) is 15.6 Å². The summed E-state index contributed by atoms with van der Waals surface area (Å²) in [4.78, 5) is 0. The highest BCUT2D eigenvalue weighted by Crippen LogP contribution is 2.74. The Morgan fingerprint density at radius 2 is 1.52 bits per heavy atom. The second-order valence-electron chi connectivity index (χ2n) is 14.9. The second kappa shape index (κ2) is 8.03. The number of aliphatic hydroxyl groups is 1. The first-order chi connectivity index (χ1) is 15.0. The van der Waals surface area contributed by atoms with E-state index in [1.54, 1.807) is 0 Å². The lowest BCUT2D eigenvalue weighted by Crippen LogP contribution is -2.62. The standard InChI is InChI=1S/C31H54OS/c1-21(11-10-16-26(3,4)32)23-13-18-29(8)24-15-20-31(33)27(5,6)22(2)12-17-30(31,9)25(24)14-19-28(23,29)7/h21-23,32-33H,10-20H2,1-9H3/t21-,22+,23-,28-,29+,30-,31-/m1/s1. The van der Waals surface area contributed by atoms with Crippen molar-refractivity contribution in [2.45, 2.75) is 143 Å². The third-order valence-electron chi connectivity index (χ3n) is 12.8. The van der Waals surface area contributed by atoms with Crippen molar-refractivity contribution in [3.63, 3.8) is 0 Å². The number of rotatable bonds is 5. The van der Waals surface area contributed by atoms with Gasteiger partial charge in [-0.1, -0.05) is 72.5 Å². The van der Waals surface area contributed by atoms with Crippen LogP contribution in [0.2, 0.25) is 0 Å². The predicted molar refractivity (Wildman–Crippen MR) is 146 cm³/mol. The fourth-order valence-electron chi connectivity index (χ4n) is 9.78. The maximum Gasteiger partial charge on any atom is 0.0591 e. The van der Waals surface area contributed by atoms with Gasteiger partial charge in [0.15, 0.2) is 0 Å². The van der Waals surface area contributed by atoms with Crippen LogP contribution in [0.1, 0.15) is 133 Å². The molecule has 1 N–H and O–H groups in total. The van der Waals surface area contributed by atoms with Crippen molar-refractivity contribution in [3.05, 3.63) is 11.1 Å². The van der Waals surface area contributed by atoms with E-state index in [4.69, 9.17) is 12.6 Å². The van der Waals surface area contributed by atoms with Crippen molar-refractivity contribution in [1.82, 2.24) is 0 Å². The molecule has 4 rings (SSSR count). The Bertz CT molecular complexity index is 804. The summed E-state index contributed by atoms with van der Waals surface area (Å²) in [7, 11) is 0. The molecule has 2 saturated carbocycles. The van der Waals surface area contributed by atoms with Crippen LogP contribution in [-0.4, -0.2) is 15.5 Å². The van der Waals surface area contributed by atoms with Gasteiger partial charge in [-0.05, 0) is 106 Å². The molecule has 2 fully saturated rings. The van der Waals surface area contributed by atoms with E-state index in [1.807, 2.05) is 25.0 Å². The first-order valence-electron chi connectivity index (χ1n) is 14.2. The van der Waals surface area contributed by atoms with E-state index in [0.29, 0.717) is 10.8 Å². The zero-order valence-electron chi connectivity index (χ0n) is 23.4. The summed E-state index contributed by atoms with van der Waals surface area (Å²) < 4.78 is 0.114. The van der Waals surface area contributed by atoms with Crippen LogP contribution < -0.4 is 0 Å². The van der Waals surface area contributed by atoms with E-state index < -0.39 is 5.60 Å². The fourth-order valence-corrected chi connectivity index (χ4v) is 10.4. The smallest absolute Gasteiger partial charge is 0.0591 e. The van der Waals surface area contributed by atoms with Gasteiger partial charge >= 0.3 is 0 Å². The number of thiol groups is 1. The van der Waals surface area contributed by atoms with Gasteiger partial charge in [0.25, 0.3) is 0 Å². The molecule has 0 unspecified atom stereocenters. The lowest BCUT2D eigenvalue weighted by atomic mass is 9.42. The molecule has 190 valence electrons. The SMILES string of the molecule is C[C@H](CCCC(C)(C)O)[C@H]1CC[C@@]2(C)C3=C(CC[C@]12C)[C@@]1(C)CC[C@H](C)C(C)(C)[C@]1(S)CC3.